The molecule has 0 aromatic carbocycles. The number of hydrogen-bond acceptors (Lipinski definition) is 3. The van der Waals surface area contributed by atoms with Crippen molar-refractivity contribution < 1.29 is 14.3 Å². The van der Waals surface area contributed by atoms with Crippen molar-refractivity contribution in [1.29, 1.82) is 0 Å². The molecule has 0 amide bonds. The van der Waals surface area contributed by atoms with Crippen LogP contribution in [0.15, 0.2) is 23.1 Å². The number of halogens is 1. The van der Waals surface area contributed by atoms with Gasteiger partial charge >= 0.3 is 5.97 Å². The highest BCUT2D eigenvalue weighted by Gasteiger charge is 2.22. The zero-order valence-electron chi connectivity index (χ0n) is 10.5. The first-order valence-electron chi connectivity index (χ1n) is 5.78. The highest BCUT2D eigenvalue weighted by Crippen LogP contribution is 2.29. The van der Waals surface area contributed by atoms with E-state index >= 15 is 0 Å². The fraction of sp³-hybridized carbons (Fsp3) is 0.231. The maximum atomic E-state index is 13.8. The topological polar surface area (TPSA) is 71.3 Å². The molecule has 0 radical (unpaired) electrons. The zero-order chi connectivity index (χ0) is 14.2. The van der Waals surface area contributed by atoms with Gasteiger partial charge in [-0.25, -0.2) is 9.18 Å². The van der Waals surface area contributed by atoms with Crippen LogP contribution in [-0.4, -0.2) is 22.3 Å². The minimum absolute atomic E-state index is 0.0740. The van der Waals surface area contributed by atoms with E-state index in [2.05, 4.69) is 5.43 Å². The van der Waals surface area contributed by atoms with Gasteiger partial charge in [-0.1, -0.05) is 0 Å². The van der Waals surface area contributed by atoms with Crippen LogP contribution in [0.2, 0.25) is 0 Å². The number of carboxylic acids is 1. The molecule has 2 N–H and O–H groups in total. The molecule has 0 aromatic heterocycles. The van der Waals surface area contributed by atoms with Crippen molar-refractivity contribution in [3.05, 3.63) is 45.6 Å². The average Bonchev–Trinajstić information content (AvgIpc) is 2.30. The minimum atomic E-state index is -1.19. The second-order valence-electron chi connectivity index (χ2n) is 4.14. The molecule has 0 saturated carbocycles. The number of carboxylic acid groups (broad SMARTS) is 1. The molecule has 2 aliphatic rings. The molecule has 0 atom stereocenters. The normalized spacial score (nSPS) is 10.7. The molecule has 1 aliphatic heterocycles. The van der Waals surface area contributed by atoms with E-state index in [1.165, 1.54) is 10.9 Å². The van der Waals surface area contributed by atoms with Crippen LogP contribution in [0.3, 0.4) is 0 Å². The van der Waals surface area contributed by atoms with Gasteiger partial charge in [-0.05, 0) is 19.9 Å². The lowest BCUT2D eigenvalue weighted by Gasteiger charge is -2.19. The first-order chi connectivity index (χ1) is 8.95. The number of aromatic nitrogens is 1. The maximum absolute atomic E-state index is 13.8. The molecule has 5 nitrogen and oxygen atoms in total. The summed E-state index contributed by atoms with van der Waals surface area (Å²) < 4.78 is 15.3. The largest absolute Gasteiger partial charge is 0.478 e. The van der Waals surface area contributed by atoms with Gasteiger partial charge < -0.3 is 10.5 Å². The number of nitrogens with one attached hydrogen (secondary N) is 1. The van der Waals surface area contributed by atoms with Crippen LogP contribution in [0.1, 0.15) is 23.0 Å². The van der Waals surface area contributed by atoms with Crippen molar-refractivity contribution in [2.24, 2.45) is 0 Å². The maximum Gasteiger partial charge on any atom is 0.338 e. The SMILES string of the molecule is CCNn1cc2c(F)cc(=O)cc-2c(C(=O)O)c1C. The molecule has 0 fully saturated rings. The van der Waals surface area contributed by atoms with Crippen molar-refractivity contribution in [2.45, 2.75) is 13.8 Å². The molecule has 19 heavy (non-hydrogen) atoms. The van der Waals surface area contributed by atoms with Crippen molar-refractivity contribution in [2.75, 3.05) is 12.0 Å². The first-order valence-corrected chi connectivity index (χ1v) is 5.78. The fourth-order valence-electron chi connectivity index (χ4n) is 2.08. The lowest BCUT2D eigenvalue weighted by atomic mass is 9.97. The van der Waals surface area contributed by atoms with E-state index in [0.29, 0.717) is 12.2 Å². The summed E-state index contributed by atoms with van der Waals surface area (Å²) in [5.74, 6) is -1.92. The summed E-state index contributed by atoms with van der Waals surface area (Å²) in [5, 5.41) is 9.27. The Balaban J connectivity index is 2.91. The summed E-state index contributed by atoms with van der Waals surface area (Å²) in [4.78, 5) is 22.7. The van der Waals surface area contributed by atoms with Crippen LogP contribution >= 0.6 is 0 Å². The van der Waals surface area contributed by atoms with E-state index < -0.39 is 17.2 Å². The molecule has 0 spiro atoms. The van der Waals surface area contributed by atoms with Gasteiger partial charge in [0.2, 0.25) is 0 Å². The van der Waals surface area contributed by atoms with Crippen molar-refractivity contribution in [3.8, 4) is 11.1 Å². The van der Waals surface area contributed by atoms with E-state index in [-0.39, 0.29) is 16.7 Å². The number of carbonyl (C=O) groups is 1. The highest BCUT2D eigenvalue weighted by molar-refractivity contribution is 5.97. The van der Waals surface area contributed by atoms with Crippen molar-refractivity contribution in [1.82, 2.24) is 4.68 Å². The van der Waals surface area contributed by atoms with E-state index in [9.17, 15) is 19.1 Å². The van der Waals surface area contributed by atoms with Crippen LogP contribution < -0.4 is 10.9 Å². The quantitative estimate of drug-likeness (QED) is 0.884. The first kappa shape index (κ1) is 13.1. The average molecular weight is 264 g/mol. The number of hydrogen-bond donors (Lipinski definition) is 2. The summed E-state index contributed by atoms with van der Waals surface area (Å²) in [6.07, 6.45) is 1.45. The molecular formula is C13H13FN2O3. The Morgan fingerprint density at radius 1 is 1.42 bits per heavy atom. The van der Waals surface area contributed by atoms with E-state index in [1.807, 2.05) is 6.92 Å². The smallest absolute Gasteiger partial charge is 0.338 e. The number of aromatic carboxylic acids is 1. The van der Waals surface area contributed by atoms with E-state index in [1.54, 1.807) is 6.92 Å². The molecule has 0 unspecified atom stereocenters. The second-order valence-corrected chi connectivity index (χ2v) is 4.14. The van der Waals surface area contributed by atoms with Crippen molar-refractivity contribution in [3.63, 3.8) is 0 Å². The van der Waals surface area contributed by atoms with Gasteiger partial charge in [-0.15, -0.1) is 0 Å². The summed E-state index contributed by atoms with van der Waals surface area (Å²) in [6.45, 7) is 3.99. The van der Waals surface area contributed by atoms with E-state index in [0.717, 1.165) is 12.1 Å². The summed E-state index contributed by atoms with van der Waals surface area (Å²) in [6, 6.07) is 1.99. The number of fused-ring (bicyclic) bond motifs is 1. The lowest BCUT2D eigenvalue weighted by molar-refractivity contribution is 0.0696. The zero-order valence-corrected chi connectivity index (χ0v) is 10.5. The van der Waals surface area contributed by atoms with Gasteiger partial charge in [0.05, 0.1) is 11.3 Å². The predicted molar refractivity (Wildman–Crippen MR) is 68.9 cm³/mol. The van der Waals surface area contributed by atoms with Gasteiger partial charge in [0.25, 0.3) is 0 Å². The number of rotatable bonds is 3. The molecule has 0 aromatic rings. The molecule has 100 valence electrons. The molecule has 0 saturated heterocycles. The Hall–Kier alpha value is -2.37. The highest BCUT2D eigenvalue weighted by atomic mass is 19.1. The van der Waals surface area contributed by atoms with Crippen molar-refractivity contribution >= 4 is 5.97 Å². The third-order valence-electron chi connectivity index (χ3n) is 2.90. The van der Waals surface area contributed by atoms with Gasteiger partial charge in [0.1, 0.15) is 5.82 Å². The Kier molecular flexibility index (Phi) is 3.25. The third-order valence-corrected chi connectivity index (χ3v) is 2.90. The van der Waals surface area contributed by atoms with Crippen LogP contribution in [0.4, 0.5) is 4.39 Å². The van der Waals surface area contributed by atoms with Gasteiger partial charge in [-0.3, -0.25) is 9.47 Å². The van der Waals surface area contributed by atoms with Gasteiger partial charge in [0, 0.05) is 29.9 Å². The molecule has 0 bridgehead atoms. The lowest BCUT2D eigenvalue weighted by Crippen LogP contribution is -2.22. The van der Waals surface area contributed by atoms with Crippen LogP contribution in [0.25, 0.3) is 11.1 Å². The van der Waals surface area contributed by atoms with Crippen LogP contribution in [0.5, 0.6) is 0 Å². The Morgan fingerprint density at radius 2 is 2.11 bits per heavy atom. The summed E-state index contributed by atoms with van der Waals surface area (Å²) in [7, 11) is 0. The monoisotopic (exact) mass is 264 g/mol. The Labute approximate surface area is 108 Å². The Morgan fingerprint density at radius 3 is 2.68 bits per heavy atom. The fourth-order valence-corrected chi connectivity index (χ4v) is 2.08. The number of nitrogens with zero attached hydrogens (tertiary/aromatic N) is 1. The minimum Gasteiger partial charge on any atom is -0.478 e. The second kappa shape index (κ2) is 4.72. The van der Waals surface area contributed by atoms with Crippen LogP contribution in [0, 0.1) is 12.7 Å². The standard InChI is InChI=1S/C13H13FN2O3/c1-3-15-16-6-10-9(4-8(17)5-11(10)14)12(7(16)2)13(18)19/h4-6,15H,3H2,1-2H3,(H,18,19). The molecule has 1 heterocycles. The summed E-state index contributed by atoms with van der Waals surface area (Å²) >= 11 is 0. The Bertz CT molecular complexity index is 679. The van der Waals surface area contributed by atoms with Gasteiger partial charge in [0.15, 0.2) is 5.43 Å². The predicted octanol–water partition coefficient (Wildman–Crippen LogP) is 1.66. The molecule has 1 aliphatic carbocycles. The van der Waals surface area contributed by atoms with E-state index in [4.69, 9.17) is 0 Å². The third kappa shape index (κ3) is 2.16. The van der Waals surface area contributed by atoms with Gasteiger partial charge in [-0.2, -0.15) is 0 Å². The molecule has 6 heteroatoms. The molecule has 2 rings (SSSR count). The molecular weight excluding hydrogens is 251 g/mol. The summed E-state index contributed by atoms with van der Waals surface area (Å²) in [5.41, 5.74) is 2.92. The van der Waals surface area contributed by atoms with Crippen LogP contribution in [-0.2, 0) is 0 Å². The number of pyridine rings is 1. The number of benzene rings is 1.